The van der Waals surface area contributed by atoms with E-state index in [0.29, 0.717) is 25.3 Å². The number of hydrogen-bond acceptors (Lipinski definition) is 4. The molecule has 5 nitrogen and oxygen atoms in total. The second kappa shape index (κ2) is 6.93. The van der Waals surface area contributed by atoms with E-state index in [1.54, 1.807) is 24.0 Å². The van der Waals surface area contributed by atoms with Gasteiger partial charge in [0, 0.05) is 17.6 Å². The molecule has 0 saturated carbocycles. The van der Waals surface area contributed by atoms with Crippen LogP contribution in [0.4, 0.5) is 0 Å². The smallest absolute Gasteiger partial charge is 0.310 e. The van der Waals surface area contributed by atoms with Crippen LogP contribution in [0.25, 0.3) is 0 Å². The number of ether oxygens (including phenoxy) is 2. The van der Waals surface area contributed by atoms with Crippen molar-refractivity contribution in [3.8, 4) is 5.75 Å². The Balaban J connectivity index is 1.91. The number of rotatable bonds is 4. The van der Waals surface area contributed by atoms with Crippen molar-refractivity contribution in [1.29, 1.82) is 0 Å². The maximum Gasteiger partial charge on any atom is 0.310 e. The van der Waals surface area contributed by atoms with Gasteiger partial charge >= 0.3 is 5.97 Å². The number of likely N-dealkylation sites (tertiary alicyclic amines) is 1. The van der Waals surface area contributed by atoms with E-state index >= 15 is 0 Å². The van der Waals surface area contributed by atoms with Crippen LogP contribution in [0.5, 0.6) is 5.75 Å². The van der Waals surface area contributed by atoms with Gasteiger partial charge in [-0.25, -0.2) is 0 Å². The van der Waals surface area contributed by atoms with Crippen LogP contribution in [0.2, 0.25) is 0 Å². The van der Waals surface area contributed by atoms with E-state index in [2.05, 4.69) is 15.9 Å². The molecule has 0 radical (unpaired) electrons. The molecule has 1 aliphatic heterocycles. The van der Waals surface area contributed by atoms with Crippen LogP contribution < -0.4 is 4.74 Å². The van der Waals surface area contributed by atoms with Crippen LogP contribution in [0.15, 0.2) is 28.7 Å². The summed E-state index contributed by atoms with van der Waals surface area (Å²) >= 11 is 3.35. The summed E-state index contributed by atoms with van der Waals surface area (Å²) in [6.07, 6.45) is 0.0613. The van der Waals surface area contributed by atoms with Gasteiger partial charge in [-0.1, -0.05) is 15.9 Å². The molecule has 21 heavy (non-hydrogen) atoms. The number of halogens is 1. The van der Waals surface area contributed by atoms with Crippen molar-refractivity contribution >= 4 is 27.8 Å². The second-order valence-corrected chi connectivity index (χ2v) is 5.92. The largest absolute Gasteiger partial charge is 0.481 e. The molecule has 1 aromatic carbocycles. The minimum absolute atomic E-state index is 0.107. The zero-order valence-corrected chi connectivity index (χ0v) is 13.6. The molecular weight excluding hydrogens is 338 g/mol. The Labute approximate surface area is 132 Å². The molecule has 2 atom stereocenters. The number of esters is 1. The van der Waals surface area contributed by atoms with Crippen molar-refractivity contribution in [3.63, 3.8) is 0 Å². The fourth-order valence-corrected chi connectivity index (χ4v) is 2.61. The Morgan fingerprint density at radius 3 is 2.62 bits per heavy atom. The van der Waals surface area contributed by atoms with Crippen molar-refractivity contribution in [2.45, 2.75) is 19.4 Å². The van der Waals surface area contributed by atoms with Crippen LogP contribution >= 0.6 is 15.9 Å². The number of amides is 1. The third-order valence-corrected chi connectivity index (χ3v) is 4.04. The summed E-state index contributed by atoms with van der Waals surface area (Å²) < 4.78 is 11.3. The average molecular weight is 356 g/mol. The highest BCUT2D eigenvalue weighted by Gasteiger charge is 2.33. The Kier molecular flexibility index (Phi) is 5.22. The molecular formula is C15H18BrNO4. The van der Waals surface area contributed by atoms with Crippen LogP contribution in [0.3, 0.4) is 0 Å². The van der Waals surface area contributed by atoms with Crippen molar-refractivity contribution < 1.29 is 19.1 Å². The number of carbonyl (C=O) groups is 2. The van der Waals surface area contributed by atoms with Crippen molar-refractivity contribution in [3.05, 3.63) is 28.7 Å². The molecule has 1 fully saturated rings. The molecule has 0 N–H and O–H groups in total. The molecule has 114 valence electrons. The summed E-state index contributed by atoms with van der Waals surface area (Å²) in [5.74, 6) is 0.0534. The highest BCUT2D eigenvalue weighted by Crippen LogP contribution is 2.21. The zero-order valence-electron chi connectivity index (χ0n) is 12.0. The van der Waals surface area contributed by atoms with Gasteiger partial charge in [-0.05, 0) is 37.6 Å². The van der Waals surface area contributed by atoms with E-state index in [-0.39, 0.29) is 17.8 Å². The summed E-state index contributed by atoms with van der Waals surface area (Å²) in [5.41, 5.74) is 0. The maximum absolute atomic E-state index is 12.3. The fourth-order valence-electron chi connectivity index (χ4n) is 2.34. The lowest BCUT2D eigenvalue weighted by Gasteiger charge is -2.21. The first-order valence-electron chi connectivity index (χ1n) is 6.80. The van der Waals surface area contributed by atoms with E-state index < -0.39 is 6.10 Å². The molecule has 1 saturated heterocycles. The standard InChI is InChI=1S/C15H18BrNO4/c1-10(21-13-5-3-12(16)4-6-13)14(18)17-8-7-11(9-17)15(19)20-2/h3-6,10-11H,7-9H2,1-2H3. The van der Waals surface area contributed by atoms with Crippen LogP contribution in [-0.2, 0) is 14.3 Å². The van der Waals surface area contributed by atoms with Crippen LogP contribution in [0.1, 0.15) is 13.3 Å². The Bertz CT molecular complexity index is 517. The molecule has 0 aromatic heterocycles. The normalized spacial score (nSPS) is 19.2. The summed E-state index contributed by atoms with van der Waals surface area (Å²) in [6.45, 7) is 2.68. The van der Waals surface area contributed by atoms with Gasteiger partial charge in [0.2, 0.25) is 0 Å². The molecule has 2 rings (SSSR count). The molecule has 1 amide bonds. The van der Waals surface area contributed by atoms with Crippen LogP contribution in [-0.4, -0.2) is 43.1 Å². The number of benzene rings is 1. The third kappa shape index (κ3) is 3.97. The minimum atomic E-state index is -0.581. The van der Waals surface area contributed by atoms with E-state index in [9.17, 15) is 9.59 Å². The van der Waals surface area contributed by atoms with Crippen molar-refractivity contribution in [1.82, 2.24) is 4.90 Å². The first-order valence-corrected chi connectivity index (χ1v) is 7.59. The molecule has 1 aliphatic rings. The second-order valence-electron chi connectivity index (χ2n) is 5.01. The third-order valence-electron chi connectivity index (χ3n) is 3.51. The fraction of sp³-hybridized carbons (Fsp3) is 0.467. The lowest BCUT2D eigenvalue weighted by atomic mass is 10.1. The quantitative estimate of drug-likeness (QED) is 0.777. The van der Waals surface area contributed by atoms with Crippen LogP contribution in [0, 0.1) is 5.92 Å². The lowest BCUT2D eigenvalue weighted by Crippen LogP contribution is -2.39. The molecule has 6 heteroatoms. The summed E-state index contributed by atoms with van der Waals surface area (Å²) in [5, 5.41) is 0. The van der Waals surface area contributed by atoms with E-state index in [4.69, 9.17) is 9.47 Å². The Morgan fingerprint density at radius 1 is 1.33 bits per heavy atom. The minimum Gasteiger partial charge on any atom is -0.481 e. The van der Waals surface area contributed by atoms with Gasteiger partial charge in [-0.3, -0.25) is 9.59 Å². The van der Waals surface area contributed by atoms with Gasteiger partial charge in [-0.2, -0.15) is 0 Å². The summed E-state index contributed by atoms with van der Waals surface area (Å²) in [4.78, 5) is 25.4. The highest BCUT2D eigenvalue weighted by atomic mass is 79.9. The van der Waals surface area contributed by atoms with Gasteiger partial charge in [0.1, 0.15) is 5.75 Å². The van der Waals surface area contributed by atoms with E-state index in [1.807, 2.05) is 12.1 Å². The number of carbonyl (C=O) groups excluding carboxylic acids is 2. The first kappa shape index (κ1) is 15.8. The first-order chi connectivity index (χ1) is 10.0. The summed E-state index contributed by atoms with van der Waals surface area (Å²) in [6, 6.07) is 7.32. The molecule has 2 unspecified atom stereocenters. The maximum atomic E-state index is 12.3. The van der Waals surface area contributed by atoms with Gasteiger partial charge < -0.3 is 14.4 Å². The lowest BCUT2D eigenvalue weighted by molar-refractivity contribution is -0.145. The molecule has 1 heterocycles. The monoisotopic (exact) mass is 355 g/mol. The number of nitrogens with zero attached hydrogens (tertiary/aromatic N) is 1. The SMILES string of the molecule is COC(=O)C1CCN(C(=O)C(C)Oc2ccc(Br)cc2)C1. The van der Waals surface area contributed by atoms with Crippen molar-refractivity contribution in [2.75, 3.05) is 20.2 Å². The van der Waals surface area contributed by atoms with E-state index in [1.165, 1.54) is 7.11 Å². The van der Waals surface area contributed by atoms with Gasteiger partial charge in [0.05, 0.1) is 13.0 Å². The average Bonchev–Trinajstić information content (AvgIpc) is 2.97. The predicted octanol–water partition coefficient (Wildman–Crippen LogP) is 2.24. The predicted molar refractivity (Wildman–Crippen MR) is 80.9 cm³/mol. The number of methoxy groups -OCH3 is 1. The van der Waals surface area contributed by atoms with Gasteiger partial charge in [-0.15, -0.1) is 0 Å². The van der Waals surface area contributed by atoms with Gasteiger partial charge in [0.25, 0.3) is 5.91 Å². The molecule has 1 aromatic rings. The Hall–Kier alpha value is -1.56. The summed E-state index contributed by atoms with van der Waals surface area (Å²) in [7, 11) is 1.37. The number of hydrogen-bond donors (Lipinski definition) is 0. The molecule has 0 bridgehead atoms. The van der Waals surface area contributed by atoms with Gasteiger partial charge in [0.15, 0.2) is 6.10 Å². The highest BCUT2D eigenvalue weighted by molar-refractivity contribution is 9.10. The Morgan fingerprint density at radius 2 is 2.00 bits per heavy atom. The topological polar surface area (TPSA) is 55.8 Å². The van der Waals surface area contributed by atoms with E-state index in [0.717, 1.165) is 4.47 Å². The molecule has 0 spiro atoms. The molecule has 0 aliphatic carbocycles. The van der Waals surface area contributed by atoms with Crippen molar-refractivity contribution in [2.24, 2.45) is 5.92 Å². The zero-order chi connectivity index (χ0) is 15.4.